The quantitative estimate of drug-likeness (QED) is 0.593. The second kappa shape index (κ2) is 4.71. The third-order valence-electron chi connectivity index (χ3n) is 4.53. The Morgan fingerprint density at radius 1 is 1.29 bits per heavy atom. The van der Waals surface area contributed by atoms with Crippen molar-refractivity contribution < 1.29 is 9.53 Å². The molecule has 0 spiro atoms. The van der Waals surface area contributed by atoms with Crippen LogP contribution in [0.5, 0.6) is 0 Å². The minimum Gasteiger partial charge on any atom is -0.454 e. The van der Waals surface area contributed by atoms with Crippen molar-refractivity contribution in [1.29, 1.82) is 0 Å². The number of carbonyl (C=O) groups is 1. The van der Waals surface area contributed by atoms with Gasteiger partial charge in [-0.3, -0.25) is 0 Å². The molecule has 96 valence electrons. The highest BCUT2D eigenvalue weighted by Crippen LogP contribution is 2.47. The monoisotopic (exact) mass is 237 g/mol. The summed E-state index contributed by atoms with van der Waals surface area (Å²) >= 11 is 0. The van der Waals surface area contributed by atoms with Crippen LogP contribution in [0.4, 0.5) is 0 Å². The van der Waals surface area contributed by atoms with Crippen LogP contribution in [0, 0.1) is 11.8 Å². The van der Waals surface area contributed by atoms with E-state index in [-0.39, 0.29) is 11.3 Å². The third-order valence-corrected chi connectivity index (χ3v) is 4.53. The molecular weight excluding hydrogens is 214 g/mol. The van der Waals surface area contributed by atoms with Crippen molar-refractivity contribution in [3.05, 3.63) is 12.3 Å². The van der Waals surface area contributed by atoms with E-state index in [0.29, 0.717) is 5.92 Å². The number of esters is 1. The first-order chi connectivity index (χ1) is 8.03. The highest BCUT2D eigenvalue weighted by atomic mass is 16.6. The molecule has 0 amide bonds. The largest absolute Gasteiger partial charge is 0.454 e. The van der Waals surface area contributed by atoms with Crippen LogP contribution in [0.3, 0.4) is 0 Å². The summed E-state index contributed by atoms with van der Waals surface area (Å²) < 4.78 is 5.65. The molecule has 0 aromatic heterocycles. The molecule has 0 saturated heterocycles. The number of ether oxygens (including phenoxy) is 1. The Labute approximate surface area is 103 Å². The van der Waals surface area contributed by atoms with Gasteiger partial charge >= 0.3 is 5.97 Å². The molecule has 3 atom stereocenters. The molecule has 0 aromatic carbocycles. The fraction of sp³-hybridized carbons (Fsp3) is 0.786. The van der Waals surface area contributed by atoms with Crippen LogP contribution >= 0.6 is 0 Å². The van der Waals surface area contributed by atoms with Gasteiger partial charge in [-0.05, 0) is 38.5 Å². The maximum atomic E-state index is 11.6. The molecule has 3 unspecified atom stereocenters. The van der Waals surface area contributed by atoms with Crippen molar-refractivity contribution in [2.75, 3.05) is 0 Å². The first-order valence-electron chi connectivity index (χ1n) is 6.70. The normalized spacial score (nSPS) is 37.0. The Balaban J connectivity index is 2.10. The summed E-state index contributed by atoms with van der Waals surface area (Å²) in [5.41, 5.74) is 5.11. The van der Waals surface area contributed by atoms with Gasteiger partial charge in [0.1, 0.15) is 11.3 Å². The van der Waals surface area contributed by atoms with Gasteiger partial charge in [0, 0.05) is 5.92 Å². The maximum Gasteiger partial charge on any atom is 0.354 e. The Morgan fingerprint density at radius 2 is 1.94 bits per heavy atom. The second-order valence-electron chi connectivity index (χ2n) is 5.77. The summed E-state index contributed by atoms with van der Waals surface area (Å²) in [6.45, 7) is 5.54. The summed E-state index contributed by atoms with van der Waals surface area (Å²) in [6, 6.07) is 0. The van der Waals surface area contributed by atoms with Gasteiger partial charge in [-0.2, -0.15) is 0 Å². The van der Waals surface area contributed by atoms with E-state index in [0.717, 1.165) is 18.8 Å². The molecule has 2 aliphatic carbocycles. The molecule has 2 aliphatic rings. The number of carbonyl (C=O) groups excluding carboxylic acids is 1. The molecule has 0 radical (unpaired) electrons. The number of rotatable bonds is 2. The van der Waals surface area contributed by atoms with Crippen LogP contribution in [0.2, 0.25) is 0 Å². The Morgan fingerprint density at radius 3 is 2.65 bits per heavy atom. The number of nitrogens with two attached hydrogens (primary N) is 1. The highest BCUT2D eigenvalue weighted by molar-refractivity contribution is 5.86. The molecule has 3 nitrogen and oxygen atoms in total. The van der Waals surface area contributed by atoms with Crippen LogP contribution in [0.15, 0.2) is 12.3 Å². The smallest absolute Gasteiger partial charge is 0.354 e. The van der Waals surface area contributed by atoms with E-state index in [1.165, 1.54) is 32.1 Å². The summed E-state index contributed by atoms with van der Waals surface area (Å²) in [5.74, 6) is 0.827. The van der Waals surface area contributed by atoms with E-state index >= 15 is 0 Å². The molecule has 0 heterocycles. The molecule has 0 aliphatic heterocycles. The molecule has 17 heavy (non-hydrogen) atoms. The summed E-state index contributed by atoms with van der Waals surface area (Å²) in [6.07, 6.45) is 8.48. The lowest BCUT2D eigenvalue weighted by Gasteiger charge is -2.47. The Hall–Kier alpha value is -0.990. The lowest BCUT2D eigenvalue weighted by Crippen LogP contribution is -2.47. The molecule has 2 saturated carbocycles. The van der Waals surface area contributed by atoms with Crippen molar-refractivity contribution in [2.45, 2.75) is 57.5 Å². The Kier molecular flexibility index (Phi) is 3.45. The zero-order chi connectivity index (χ0) is 12.5. The summed E-state index contributed by atoms with van der Waals surface area (Å²) in [5, 5.41) is 0. The van der Waals surface area contributed by atoms with E-state index in [1.807, 2.05) is 0 Å². The highest BCUT2D eigenvalue weighted by Gasteiger charge is 2.45. The lowest BCUT2D eigenvalue weighted by atomic mass is 9.63. The van der Waals surface area contributed by atoms with Gasteiger partial charge in [0.05, 0.1) is 0 Å². The zero-order valence-corrected chi connectivity index (χ0v) is 10.7. The molecule has 2 N–H and O–H groups in total. The Bertz CT molecular complexity index is 324. The maximum absolute atomic E-state index is 11.6. The summed E-state index contributed by atoms with van der Waals surface area (Å²) in [7, 11) is 0. The van der Waals surface area contributed by atoms with Gasteiger partial charge in [0.15, 0.2) is 0 Å². The van der Waals surface area contributed by atoms with Crippen molar-refractivity contribution >= 4 is 5.97 Å². The zero-order valence-electron chi connectivity index (χ0n) is 10.7. The predicted molar refractivity (Wildman–Crippen MR) is 67.1 cm³/mol. The molecule has 3 heteroatoms. The predicted octanol–water partition coefficient (Wildman–Crippen LogP) is 2.75. The fourth-order valence-electron chi connectivity index (χ4n) is 3.66. The lowest BCUT2D eigenvalue weighted by molar-refractivity contribution is -0.169. The average molecular weight is 237 g/mol. The minimum atomic E-state index is -0.432. The van der Waals surface area contributed by atoms with E-state index in [9.17, 15) is 4.79 Å². The standard InChI is InChI=1S/C14H23NO2/c1-10(15)13(16)17-14(2)9-5-7-11-6-3-4-8-12(11)14/h11-12H,1,3-9,15H2,2H3. The van der Waals surface area contributed by atoms with E-state index in [1.54, 1.807) is 0 Å². The van der Waals surface area contributed by atoms with Gasteiger partial charge in [0.25, 0.3) is 0 Å². The first kappa shape index (κ1) is 12.5. The minimum absolute atomic E-state index is 0.0177. The van der Waals surface area contributed by atoms with E-state index < -0.39 is 5.97 Å². The van der Waals surface area contributed by atoms with Crippen LogP contribution in [0.25, 0.3) is 0 Å². The van der Waals surface area contributed by atoms with Crippen molar-refractivity contribution in [2.24, 2.45) is 17.6 Å². The number of fused-ring (bicyclic) bond motifs is 1. The van der Waals surface area contributed by atoms with Crippen molar-refractivity contribution in [3.8, 4) is 0 Å². The van der Waals surface area contributed by atoms with Crippen LogP contribution in [0.1, 0.15) is 51.9 Å². The van der Waals surface area contributed by atoms with Gasteiger partial charge in [-0.25, -0.2) is 4.79 Å². The third kappa shape index (κ3) is 2.48. The van der Waals surface area contributed by atoms with Gasteiger partial charge in [0.2, 0.25) is 0 Å². The van der Waals surface area contributed by atoms with Crippen LogP contribution in [-0.4, -0.2) is 11.6 Å². The average Bonchev–Trinajstić information content (AvgIpc) is 2.29. The van der Waals surface area contributed by atoms with Gasteiger partial charge in [-0.1, -0.05) is 25.8 Å². The summed E-state index contributed by atoms with van der Waals surface area (Å²) in [4.78, 5) is 11.6. The second-order valence-corrected chi connectivity index (χ2v) is 5.77. The van der Waals surface area contributed by atoms with E-state index in [4.69, 9.17) is 10.5 Å². The van der Waals surface area contributed by atoms with E-state index in [2.05, 4.69) is 13.5 Å². The molecule has 0 bridgehead atoms. The molecule has 2 fully saturated rings. The molecule has 2 rings (SSSR count). The fourth-order valence-corrected chi connectivity index (χ4v) is 3.66. The van der Waals surface area contributed by atoms with Crippen molar-refractivity contribution in [1.82, 2.24) is 0 Å². The van der Waals surface area contributed by atoms with Gasteiger partial charge < -0.3 is 10.5 Å². The molecule has 0 aromatic rings. The molecular formula is C14H23NO2. The van der Waals surface area contributed by atoms with Gasteiger partial charge in [-0.15, -0.1) is 0 Å². The first-order valence-corrected chi connectivity index (χ1v) is 6.70. The topological polar surface area (TPSA) is 52.3 Å². The van der Waals surface area contributed by atoms with Crippen LogP contribution in [-0.2, 0) is 9.53 Å². The van der Waals surface area contributed by atoms with Crippen LogP contribution < -0.4 is 5.73 Å². The number of hydrogen-bond donors (Lipinski definition) is 1. The van der Waals surface area contributed by atoms with Crippen molar-refractivity contribution in [3.63, 3.8) is 0 Å². The SMILES string of the molecule is C=C(N)C(=O)OC1(C)CCCC2CCCCC21. The number of hydrogen-bond acceptors (Lipinski definition) is 3.